The smallest absolute Gasteiger partial charge is 0.306 e. The Morgan fingerprint density at radius 2 is 1.65 bits per heavy atom. The summed E-state index contributed by atoms with van der Waals surface area (Å²) < 4.78 is 9.93. The zero-order chi connectivity index (χ0) is 13.4. The highest BCUT2D eigenvalue weighted by Crippen LogP contribution is 2.13. The minimum absolute atomic E-state index is 0.0838. The molecule has 0 heterocycles. The van der Waals surface area contributed by atoms with Gasteiger partial charge in [-0.15, -0.1) is 0 Å². The van der Waals surface area contributed by atoms with Crippen molar-refractivity contribution in [1.82, 2.24) is 0 Å². The first kappa shape index (κ1) is 16.7. The van der Waals surface area contributed by atoms with Gasteiger partial charge >= 0.3 is 11.9 Å². The molecular weight excluding hydrogens is 335 g/mol. The van der Waals surface area contributed by atoms with Gasteiger partial charge in [0.2, 0.25) is 0 Å². The van der Waals surface area contributed by atoms with Crippen molar-refractivity contribution in [2.45, 2.75) is 57.2 Å². The Balaban J connectivity index is 3.75. The molecule has 0 aliphatic rings. The standard InChI is InChI=1S/C12H21IO4/c1-8(2)16-12(15)7-9(3)5-6-11(14)17-10(4)13/h8-10H,5-7H2,1-4H3. The molecule has 0 saturated heterocycles. The Morgan fingerprint density at radius 3 is 2.12 bits per heavy atom. The number of hydrogen-bond acceptors (Lipinski definition) is 4. The van der Waals surface area contributed by atoms with Gasteiger partial charge < -0.3 is 9.47 Å². The number of ether oxygens (including phenoxy) is 2. The molecule has 0 aliphatic carbocycles. The lowest BCUT2D eigenvalue weighted by Gasteiger charge is -2.13. The lowest BCUT2D eigenvalue weighted by molar-refractivity contribution is -0.149. The van der Waals surface area contributed by atoms with Crippen LogP contribution >= 0.6 is 22.6 Å². The van der Waals surface area contributed by atoms with Crippen LogP contribution in [0.1, 0.15) is 47.0 Å². The number of esters is 2. The highest BCUT2D eigenvalue weighted by atomic mass is 127. The molecule has 100 valence electrons. The van der Waals surface area contributed by atoms with Crippen molar-refractivity contribution in [3.8, 4) is 0 Å². The second kappa shape index (κ2) is 8.72. The maximum Gasteiger partial charge on any atom is 0.306 e. The van der Waals surface area contributed by atoms with Gasteiger partial charge in [0.1, 0.15) is 4.11 Å². The van der Waals surface area contributed by atoms with E-state index < -0.39 is 0 Å². The van der Waals surface area contributed by atoms with Crippen molar-refractivity contribution in [2.75, 3.05) is 0 Å². The summed E-state index contributed by atoms with van der Waals surface area (Å²) in [6.45, 7) is 7.38. The minimum atomic E-state index is -0.212. The third kappa shape index (κ3) is 10.5. The zero-order valence-corrected chi connectivity index (χ0v) is 13.0. The third-order valence-electron chi connectivity index (χ3n) is 2.02. The molecule has 0 fully saturated rings. The fraction of sp³-hybridized carbons (Fsp3) is 0.833. The van der Waals surface area contributed by atoms with E-state index in [0.29, 0.717) is 19.3 Å². The van der Waals surface area contributed by atoms with Crippen LogP contribution in [0.25, 0.3) is 0 Å². The lowest BCUT2D eigenvalue weighted by Crippen LogP contribution is -2.16. The second-order valence-corrected chi connectivity index (χ2v) is 6.17. The highest BCUT2D eigenvalue weighted by molar-refractivity contribution is 14.1. The van der Waals surface area contributed by atoms with E-state index in [9.17, 15) is 9.59 Å². The molecule has 17 heavy (non-hydrogen) atoms. The third-order valence-corrected chi connectivity index (χ3v) is 2.27. The van der Waals surface area contributed by atoms with Gasteiger partial charge in [-0.1, -0.05) is 6.92 Å². The van der Waals surface area contributed by atoms with Gasteiger partial charge in [0.05, 0.1) is 6.10 Å². The average Bonchev–Trinajstić information content (AvgIpc) is 2.12. The number of halogens is 1. The summed E-state index contributed by atoms with van der Waals surface area (Å²) in [5.74, 6) is -0.280. The first-order valence-corrected chi connectivity index (χ1v) is 7.08. The topological polar surface area (TPSA) is 52.6 Å². The maximum absolute atomic E-state index is 11.3. The largest absolute Gasteiger partial charge is 0.463 e. The Kier molecular flexibility index (Phi) is 8.55. The lowest BCUT2D eigenvalue weighted by atomic mass is 10.0. The van der Waals surface area contributed by atoms with Crippen molar-refractivity contribution >= 4 is 34.5 Å². The van der Waals surface area contributed by atoms with E-state index in [1.807, 2.05) is 50.3 Å². The molecule has 0 bridgehead atoms. The fourth-order valence-corrected chi connectivity index (χ4v) is 1.59. The molecule has 4 nitrogen and oxygen atoms in total. The molecule has 0 rings (SSSR count). The van der Waals surface area contributed by atoms with Crippen LogP contribution in [0.5, 0.6) is 0 Å². The van der Waals surface area contributed by atoms with Crippen molar-refractivity contribution in [2.24, 2.45) is 5.92 Å². The Bertz CT molecular complexity index is 251. The number of carbonyl (C=O) groups excluding carboxylic acids is 2. The molecule has 2 unspecified atom stereocenters. The Labute approximate surface area is 117 Å². The maximum atomic E-state index is 11.3. The summed E-state index contributed by atoms with van der Waals surface area (Å²) in [7, 11) is 0. The predicted molar refractivity (Wildman–Crippen MR) is 73.8 cm³/mol. The summed E-state index contributed by atoms with van der Waals surface area (Å²) in [5, 5.41) is 0. The van der Waals surface area contributed by atoms with Crippen molar-refractivity contribution in [3.63, 3.8) is 0 Å². The van der Waals surface area contributed by atoms with Crippen LogP contribution in [-0.4, -0.2) is 22.2 Å². The highest BCUT2D eigenvalue weighted by Gasteiger charge is 2.14. The van der Waals surface area contributed by atoms with Crippen LogP contribution in [0.3, 0.4) is 0 Å². The van der Waals surface area contributed by atoms with Gasteiger partial charge in [0, 0.05) is 12.8 Å². The van der Waals surface area contributed by atoms with Gasteiger partial charge in [-0.3, -0.25) is 9.59 Å². The average molecular weight is 356 g/mol. The van der Waals surface area contributed by atoms with Gasteiger partial charge in [0.25, 0.3) is 0 Å². The molecular formula is C12H21IO4. The molecule has 0 spiro atoms. The fourth-order valence-electron chi connectivity index (χ4n) is 1.30. The van der Waals surface area contributed by atoms with E-state index >= 15 is 0 Å². The molecule has 0 saturated carbocycles. The van der Waals surface area contributed by atoms with E-state index in [1.165, 1.54) is 0 Å². The van der Waals surface area contributed by atoms with Crippen LogP contribution in [0.15, 0.2) is 0 Å². The number of rotatable bonds is 7. The van der Waals surface area contributed by atoms with Crippen LogP contribution in [0.2, 0.25) is 0 Å². The summed E-state index contributed by atoms with van der Waals surface area (Å²) in [5.41, 5.74) is 0. The molecule has 2 atom stereocenters. The molecule has 0 aliphatic heterocycles. The molecule has 0 N–H and O–H groups in total. The second-order valence-electron chi connectivity index (χ2n) is 4.42. The van der Waals surface area contributed by atoms with Crippen LogP contribution in [0.4, 0.5) is 0 Å². The minimum Gasteiger partial charge on any atom is -0.463 e. The van der Waals surface area contributed by atoms with Gasteiger partial charge in [-0.2, -0.15) is 0 Å². The Hall–Kier alpha value is -0.330. The Morgan fingerprint density at radius 1 is 1.06 bits per heavy atom. The number of hydrogen-bond donors (Lipinski definition) is 0. The molecule has 0 aromatic carbocycles. The summed E-state index contributed by atoms with van der Waals surface area (Å²) in [4.78, 5) is 22.6. The molecule has 5 heteroatoms. The molecule has 0 amide bonds. The van der Waals surface area contributed by atoms with E-state index in [1.54, 1.807) is 0 Å². The monoisotopic (exact) mass is 356 g/mol. The van der Waals surface area contributed by atoms with Crippen LogP contribution < -0.4 is 0 Å². The normalized spacial score (nSPS) is 14.2. The van der Waals surface area contributed by atoms with E-state index in [4.69, 9.17) is 9.47 Å². The van der Waals surface area contributed by atoms with E-state index in [2.05, 4.69) is 0 Å². The summed E-state index contributed by atoms with van der Waals surface area (Å²) >= 11 is 2.03. The van der Waals surface area contributed by atoms with Crippen LogP contribution in [-0.2, 0) is 19.1 Å². The zero-order valence-electron chi connectivity index (χ0n) is 10.9. The summed E-state index contributed by atoms with van der Waals surface area (Å²) in [6, 6.07) is 0. The van der Waals surface area contributed by atoms with Gasteiger partial charge in [0.15, 0.2) is 0 Å². The van der Waals surface area contributed by atoms with Crippen molar-refractivity contribution in [1.29, 1.82) is 0 Å². The molecule has 0 aromatic heterocycles. The summed E-state index contributed by atoms with van der Waals surface area (Å²) in [6.07, 6.45) is 1.27. The van der Waals surface area contributed by atoms with Gasteiger partial charge in [-0.05, 0) is 55.7 Å². The molecule has 0 radical (unpaired) electrons. The number of alkyl halides is 1. The van der Waals surface area contributed by atoms with E-state index in [0.717, 1.165) is 0 Å². The number of carbonyl (C=O) groups is 2. The quantitative estimate of drug-likeness (QED) is 0.400. The van der Waals surface area contributed by atoms with E-state index in [-0.39, 0.29) is 28.1 Å². The predicted octanol–water partition coefficient (Wildman–Crippen LogP) is 3.07. The SMILES string of the molecule is CC(CCC(=O)OC(C)I)CC(=O)OC(C)C. The van der Waals surface area contributed by atoms with Crippen molar-refractivity contribution < 1.29 is 19.1 Å². The van der Waals surface area contributed by atoms with Crippen LogP contribution in [0, 0.1) is 5.92 Å². The van der Waals surface area contributed by atoms with Gasteiger partial charge in [-0.25, -0.2) is 0 Å². The van der Waals surface area contributed by atoms with Crippen molar-refractivity contribution in [3.05, 3.63) is 0 Å². The first-order chi connectivity index (χ1) is 7.81. The first-order valence-electron chi connectivity index (χ1n) is 5.84. The molecule has 0 aromatic rings.